The molecule has 3 rings (SSSR count). The van der Waals surface area contributed by atoms with Crippen LogP contribution in [0.4, 0.5) is 0 Å². The number of benzene rings is 1. The van der Waals surface area contributed by atoms with Crippen LogP contribution in [0.3, 0.4) is 0 Å². The van der Waals surface area contributed by atoms with Gasteiger partial charge in [-0.15, -0.1) is 11.3 Å². The summed E-state index contributed by atoms with van der Waals surface area (Å²) in [5, 5.41) is 10.4. The zero-order valence-electron chi connectivity index (χ0n) is 24.4. The van der Waals surface area contributed by atoms with Gasteiger partial charge in [0, 0.05) is 38.1 Å². The smallest absolute Gasteiger partial charge is 0.227 e. The Labute approximate surface area is 238 Å². The zero-order chi connectivity index (χ0) is 28.6. The lowest BCUT2D eigenvalue weighted by Gasteiger charge is -2.34. The fourth-order valence-electron chi connectivity index (χ4n) is 5.42. The summed E-state index contributed by atoms with van der Waals surface area (Å²) in [6.07, 6.45) is 6.48. The number of thiazole rings is 1. The summed E-state index contributed by atoms with van der Waals surface area (Å²) in [6, 6.07) is 7.56. The van der Waals surface area contributed by atoms with Gasteiger partial charge in [-0.2, -0.15) is 0 Å². The first-order chi connectivity index (χ1) is 18.5. The van der Waals surface area contributed by atoms with Gasteiger partial charge in [0.15, 0.2) is 5.78 Å². The van der Waals surface area contributed by atoms with Crippen molar-refractivity contribution in [3.8, 4) is 10.4 Å². The van der Waals surface area contributed by atoms with E-state index in [-0.39, 0.29) is 36.9 Å². The van der Waals surface area contributed by atoms with Gasteiger partial charge in [0.2, 0.25) is 5.91 Å². The minimum atomic E-state index is -0.722. The van der Waals surface area contributed by atoms with Gasteiger partial charge in [-0.1, -0.05) is 77.6 Å². The minimum absolute atomic E-state index is 0.0304. The second-order valence-corrected chi connectivity index (χ2v) is 13.0. The first-order valence-electron chi connectivity index (χ1n) is 14.5. The monoisotopic (exact) mass is 554 g/mol. The van der Waals surface area contributed by atoms with Crippen LogP contribution in [0.1, 0.15) is 96.7 Å². The molecule has 6 nitrogen and oxygen atoms in total. The molecule has 39 heavy (non-hydrogen) atoms. The molecule has 1 N–H and O–H groups in total. The number of unbranched alkanes of at least 4 members (excludes halogenated alkanes) is 4. The molecule has 1 fully saturated rings. The van der Waals surface area contributed by atoms with Crippen LogP contribution in [-0.4, -0.2) is 51.2 Å². The fourth-order valence-corrected chi connectivity index (χ4v) is 6.23. The first kappa shape index (κ1) is 31.2. The van der Waals surface area contributed by atoms with Gasteiger partial charge < -0.3 is 10.0 Å². The van der Waals surface area contributed by atoms with E-state index in [0.29, 0.717) is 19.3 Å². The molecule has 0 saturated carbocycles. The molecule has 0 spiro atoms. The largest absolute Gasteiger partial charge is 0.391 e. The van der Waals surface area contributed by atoms with E-state index in [9.17, 15) is 19.5 Å². The quantitative estimate of drug-likeness (QED) is 0.267. The topological polar surface area (TPSA) is 87.6 Å². The molecule has 0 bridgehead atoms. The van der Waals surface area contributed by atoms with Crippen molar-refractivity contribution in [3.05, 3.63) is 41.0 Å². The van der Waals surface area contributed by atoms with Crippen molar-refractivity contribution < 1.29 is 19.5 Å². The Kier molecular flexibility index (Phi) is 11.4. The lowest BCUT2D eigenvalue weighted by atomic mass is 9.76. The van der Waals surface area contributed by atoms with Gasteiger partial charge in [-0.3, -0.25) is 14.4 Å². The van der Waals surface area contributed by atoms with Gasteiger partial charge in [0.25, 0.3) is 0 Å². The third kappa shape index (κ3) is 8.81. The van der Waals surface area contributed by atoms with Crippen LogP contribution in [0.15, 0.2) is 29.8 Å². The van der Waals surface area contributed by atoms with E-state index in [1.54, 1.807) is 16.2 Å². The molecule has 1 amide bonds. The second kappa shape index (κ2) is 14.3. The molecule has 0 aliphatic carbocycles. The number of aliphatic hydroxyl groups excluding tert-OH is 1. The number of carbonyl (C=O) groups excluding carboxylic acids is 3. The summed E-state index contributed by atoms with van der Waals surface area (Å²) in [6.45, 7) is 10.2. The van der Waals surface area contributed by atoms with Crippen molar-refractivity contribution in [3.63, 3.8) is 0 Å². The average molecular weight is 555 g/mol. The number of Topliss-reactive ketones (excluding diaryl/α,β-unsaturated/α-hetero) is 2. The molecule has 2 heterocycles. The second-order valence-electron chi connectivity index (χ2n) is 12.2. The fraction of sp³-hybridized carbons (Fsp3) is 0.625. The molecule has 214 valence electrons. The Bertz CT molecular complexity index is 1100. The van der Waals surface area contributed by atoms with E-state index in [1.165, 1.54) is 6.42 Å². The molecule has 1 aromatic carbocycles. The number of aromatic nitrogens is 1. The Morgan fingerprint density at radius 3 is 2.38 bits per heavy atom. The van der Waals surface area contributed by atoms with E-state index in [0.717, 1.165) is 47.4 Å². The van der Waals surface area contributed by atoms with Crippen LogP contribution >= 0.6 is 11.3 Å². The molecule has 0 radical (unpaired) electrons. The molecule has 2 aromatic rings. The Hall–Kier alpha value is -2.38. The van der Waals surface area contributed by atoms with Crippen molar-refractivity contribution in [1.29, 1.82) is 0 Å². The number of ketones is 2. The van der Waals surface area contributed by atoms with Crippen molar-refractivity contribution in [2.75, 3.05) is 6.54 Å². The summed E-state index contributed by atoms with van der Waals surface area (Å²) in [4.78, 5) is 46.9. The zero-order valence-corrected chi connectivity index (χ0v) is 25.2. The number of aryl methyl sites for hydroxylation is 2. The lowest BCUT2D eigenvalue weighted by molar-refractivity contribution is -0.145. The molecular weight excluding hydrogens is 508 g/mol. The minimum Gasteiger partial charge on any atom is -0.391 e. The summed E-state index contributed by atoms with van der Waals surface area (Å²) < 4.78 is 0. The van der Waals surface area contributed by atoms with Crippen LogP contribution in [-0.2, 0) is 20.8 Å². The highest BCUT2D eigenvalue weighted by molar-refractivity contribution is 7.13. The number of rotatable bonds is 14. The van der Waals surface area contributed by atoms with Crippen molar-refractivity contribution in [1.82, 2.24) is 9.88 Å². The highest BCUT2D eigenvalue weighted by Gasteiger charge is 2.43. The Morgan fingerprint density at radius 1 is 1.08 bits per heavy atom. The van der Waals surface area contributed by atoms with Crippen LogP contribution in [0.5, 0.6) is 0 Å². The van der Waals surface area contributed by atoms with E-state index in [4.69, 9.17) is 0 Å². The maximum absolute atomic E-state index is 13.8. The summed E-state index contributed by atoms with van der Waals surface area (Å²) in [5.41, 5.74) is 4.60. The number of β-amino-alcohol motifs (C(OH)–C–C–N with tert-alkyl or cyclic N) is 1. The van der Waals surface area contributed by atoms with Gasteiger partial charge >= 0.3 is 0 Å². The van der Waals surface area contributed by atoms with Crippen LogP contribution < -0.4 is 0 Å². The van der Waals surface area contributed by atoms with Crippen molar-refractivity contribution in [2.45, 2.75) is 111 Å². The van der Waals surface area contributed by atoms with E-state index >= 15 is 0 Å². The highest BCUT2D eigenvalue weighted by Crippen LogP contribution is 2.34. The standard InChI is InChI=1S/C32H46N2O4S/c1-6-7-8-9-10-11-25(35)18-27(32(3,4)5)31(38)34-20-26(36)19-28(34)29(37)17-14-23-12-15-24(16-13-23)30-22(2)33-21-39-30/h12-13,15-16,21,26-28,36H,6-11,14,17-20H2,1-5H3/t26-,27-,28+/m1/s1. The first-order valence-corrected chi connectivity index (χ1v) is 15.4. The normalized spacial score (nSPS) is 18.4. The number of likely N-dealkylation sites (tertiary alicyclic amines) is 1. The van der Waals surface area contributed by atoms with Gasteiger partial charge in [0.1, 0.15) is 5.78 Å². The molecule has 1 aromatic heterocycles. The molecule has 1 aliphatic rings. The molecule has 1 saturated heterocycles. The van der Waals surface area contributed by atoms with Gasteiger partial charge in [-0.25, -0.2) is 4.98 Å². The van der Waals surface area contributed by atoms with Crippen LogP contribution in [0.2, 0.25) is 0 Å². The van der Waals surface area contributed by atoms with E-state index < -0.39 is 23.5 Å². The van der Waals surface area contributed by atoms with Crippen molar-refractivity contribution in [2.24, 2.45) is 11.3 Å². The number of hydrogen-bond donors (Lipinski definition) is 1. The number of hydrogen-bond acceptors (Lipinski definition) is 6. The maximum atomic E-state index is 13.8. The number of amides is 1. The predicted molar refractivity (Wildman–Crippen MR) is 158 cm³/mol. The molecular formula is C32H46N2O4S. The predicted octanol–water partition coefficient (Wildman–Crippen LogP) is 6.56. The average Bonchev–Trinajstić information content (AvgIpc) is 3.50. The summed E-state index contributed by atoms with van der Waals surface area (Å²) >= 11 is 1.61. The summed E-state index contributed by atoms with van der Waals surface area (Å²) in [5.74, 6) is -0.610. The van der Waals surface area contributed by atoms with E-state index in [2.05, 4.69) is 24.0 Å². The Balaban J connectivity index is 1.61. The third-order valence-corrected chi connectivity index (χ3v) is 8.87. The van der Waals surface area contributed by atoms with Crippen molar-refractivity contribution >= 4 is 28.8 Å². The summed E-state index contributed by atoms with van der Waals surface area (Å²) in [7, 11) is 0. The van der Waals surface area contributed by atoms with Gasteiger partial charge in [-0.05, 0) is 36.3 Å². The molecule has 1 aliphatic heterocycles. The Morgan fingerprint density at radius 2 is 1.77 bits per heavy atom. The van der Waals surface area contributed by atoms with E-state index in [1.807, 2.05) is 45.3 Å². The number of carbonyl (C=O) groups is 3. The number of nitrogens with zero attached hydrogens (tertiary/aromatic N) is 2. The molecule has 7 heteroatoms. The highest BCUT2D eigenvalue weighted by atomic mass is 32.1. The maximum Gasteiger partial charge on any atom is 0.227 e. The van der Waals surface area contributed by atoms with Gasteiger partial charge in [0.05, 0.1) is 28.2 Å². The number of aliphatic hydroxyl groups is 1. The van der Waals surface area contributed by atoms with Crippen LogP contribution in [0.25, 0.3) is 10.4 Å². The lowest BCUT2D eigenvalue weighted by Crippen LogP contribution is -2.47. The van der Waals surface area contributed by atoms with Crippen LogP contribution in [0, 0.1) is 18.3 Å². The SMILES string of the molecule is CCCCCCCC(=O)C[C@H](C(=O)N1C[C@H](O)C[C@H]1C(=O)CCc1ccc(-c2scnc2C)cc1)C(C)(C)C. The third-order valence-electron chi connectivity index (χ3n) is 7.89. The molecule has 3 atom stereocenters. The molecule has 0 unspecified atom stereocenters.